The third kappa shape index (κ3) is 1.80. The summed E-state index contributed by atoms with van der Waals surface area (Å²) in [6.07, 6.45) is -2.69. The van der Waals surface area contributed by atoms with Crippen LogP contribution in [0.1, 0.15) is 18.1 Å². The van der Waals surface area contributed by atoms with E-state index < -0.39 is 16.5 Å². The highest BCUT2D eigenvalue weighted by molar-refractivity contribution is 8.00. The molecule has 0 aromatic heterocycles. The molecule has 1 amide bonds. The summed E-state index contributed by atoms with van der Waals surface area (Å²) in [6.45, 7) is 1.62. The number of nitrogens with one attached hydrogen (secondary N) is 1. The maximum Gasteiger partial charge on any atom is 0.416 e. The zero-order valence-electron chi connectivity index (χ0n) is 9.18. The molecule has 2 nitrogen and oxygen atoms in total. The Morgan fingerprint density at radius 1 is 1.35 bits per heavy atom. The van der Waals surface area contributed by atoms with Crippen molar-refractivity contribution in [1.82, 2.24) is 0 Å². The van der Waals surface area contributed by atoms with Gasteiger partial charge in [-0.2, -0.15) is 13.2 Å². The molecule has 1 aliphatic rings. The van der Waals surface area contributed by atoms with Gasteiger partial charge >= 0.3 is 6.18 Å². The largest absolute Gasteiger partial charge is 0.416 e. The number of hydrogen-bond acceptors (Lipinski definition) is 2. The fourth-order valence-electron chi connectivity index (χ4n) is 1.79. The maximum atomic E-state index is 12.6. The van der Waals surface area contributed by atoms with Gasteiger partial charge in [-0.15, -0.1) is 11.8 Å². The first-order chi connectivity index (χ1) is 7.79. The van der Waals surface area contributed by atoms with Crippen LogP contribution < -0.4 is 5.32 Å². The molecule has 0 bridgehead atoms. The second-order valence-corrected chi connectivity index (χ2v) is 5.17. The van der Waals surface area contributed by atoms with E-state index in [9.17, 15) is 18.0 Å². The van der Waals surface area contributed by atoms with Gasteiger partial charge in [-0.25, -0.2) is 0 Å². The lowest BCUT2D eigenvalue weighted by molar-refractivity contribution is -0.137. The van der Waals surface area contributed by atoms with Crippen molar-refractivity contribution in [2.24, 2.45) is 0 Å². The minimum Gasteiger partial charge on any atom is -0.324 e. The van der Waals surface area contributed by atoms with Crippen molar-refractivity contribution < 1.29 is 18.0 Å². The first kappa shape index (κ1) is 12.3. The lowest BCUT2D eigenvalue weighted by Crippen LogP contribution is -2.26. The van der Waals surface area contributed by atoms with Crippen LogP contribution in [0, 0.1) is 0 Å². The number of rotatable bonds is 1. The third-order valence-corrected chi connectivity index (χ3v) is 4.17. The van der Waals surface area contributed by atoms with Gasteiger partial charge < -0.3 is 5.32 Å². The van der Waals surface area contributed by atoms with E-state index in [1.807, 2.05) is 0 Å². The summed E-state index contributed by atoms with van der Waals surface area (Å²) in [4.78, 5) is 11.7. The Bertz CT molecular complexity index is 486. The van der Waals surface area contributed by atoms with E-state index in [0.29, 0.717) is 11.3 Å². The van der Waals surface area contributed by atoms with Gasteiger partial charge in [0.25, 0.3) is 0 Å². The zero-order valence-corrected chi connectivity index (χ0v) is 10.00. The Kier molecular flexibility index (Phi) is 2.65. The standard InChI is InChI=1S/C11H10F3NOS/c1-10(17-2)7-5-6(11(12,13)14)3-4-8(7)15-9(10)16/h3-5H,1-2H3,(H,15,16)/t10-/m1/s1. The quantitative estimate of drug-likeness (QED) is 0.840. The maximum absolute atomic E-state index is 12.6. The van der Waals surface area contributed by atoms with Gasteiger partial charge in [0.05, 0.1) is 5.56 Å². The Morgan fingerprint density at radius 3 is 2.53 bits per heavy atom. The van der Waals surface area contributed by atoms with Crippen molar-refractivity contribution in [3.05, 3.63) is 29.3 Å². The number of carbonyl (C=O) groups excluding carboxylic acids is 1. The van der Waals surface area contributed by atoms with Gasteiger partial charge in [-0.1, -0.05) is 0 Å². The average molecular weight is 261 g/mol. The molecule has 1 aromatic carbocycles. The first-order valence-corrected chi connectivity index (χ1v) is 6.10. The summed E-state index contributed by atoms with van der Waals surface area (Å²) >= 11 is 1.23. The topological polar surface area (TPSA) is 29.1 Å². The minimum absolute atomic E-state index is 0.278. The molecule has 0 aliphatic carbocycles. The van der Waals surface area contributed by atoms with Crippen LogP contribution in [-0.2, 0) is 15.7 Å². The molecule has 1 aliphatic heterocycles. The summed E-state index contributed by atoms with van der Waals surface area (Å²) in [6, 6.07) is 3.33. The lowest BCUT2D eigenvalue weighted by atomic mass is 9.99. The van der Waals surface area contributed by atoms with Crippen molar-refractivity contribution in [3.63, 3.8) is 0 Å². The van der Waals surface area contributed by atoms with E-state index in [2.05, 4.69) is 5.32 Å². The van der Waals surface area contributed by atoms with Gasteiger partial charge in [0.1, 0.15) is 4.75 Å². The average Bonchev–Trinajstić information content (AvgIpc) is 2.50. The van der Waals surface area contributed by atoms with Crippen molar-refractivity contribution in [2.75, 3.05) is 11.6 Å². The van der Waals surface area contributed by atoms with E-state index in [-0.39, 0.29) is 5.91 Å². The van der Waals surface area contributed by atoms with E-state index in [4.69, 9.17) is 0 Å². The predicted molar refractivity (Wildman–Crippen MR) is 60.9 cm³/mol. The van der Waals surface area contributed by atoms with Crippen LogP contribution >= 0.6 is 11.8 Å². The highest BCUT2D eigenvalue weighted by atomic mass is 32.2. The van der Waals surface area contributed by atoms with E-state index in [1.54, 1.807) is 13.2 Å². The molecule has 0 spiro atoms. The summed E-state index contributed by atoms with van der Waals surface area (Å²) < 4.78 is 36.8. The van der Waals surface area contributed by atoms with Crippen LogP contribution in [0.3, 0.4) is 0 Å². The zero-order chi connectivity index (χ0) is 12.8. The summed E-state index contributed by atoms with van der Waals surface area (Å²) in [5.74, 6) is -0.278. The number of anilines is 1. The summed E-state index contributed by atoms with van der Waals surface area (Å²) in [5.41, 5.74) is 0.123. The molecule has 0 saturated carbocycles. The van der Waals surface area contributed by atoms with Gasteiger partial charge in [0, 0.05) is 11.3 Å². The third-order valence-electron chi connectivity index (χ3n) is 2.95. The lowest BCUT2D eigenvalue weighted by Gasteiger charge is -2.19. The number of halogens is 3. The second kappa shape index (κ2) is 3.66. The molecule has 1 aromatic rings. The van der Waals surface area contributed by atoms with E-state index in [1.165, 1.54) is 17.8 Å². The van der Waals surface area contributed by atoms with E-state index in [0.717, 1.165) is 12.1 Å². The molecule has 6 heteroatoms. The number of carbonyl (C=O) groups is 1. The first-order valence-electron chi connectivity index (χ1n) is 4.87. The van der Waals surface area contributed by atoms with Crippen LogP contribution in [0.15, 0.2) is 18.2 Å². The molecule has 1 heterocycles. The van der Waals surface area contributed by atoms with Gasteiger partial charge in [0.2, 0.25) is 5.91 Å². The highest BCUT2D eigenvalue weighted by Crippen LogP contribution is 2.46. The summed E-state index contributed by atoms with van der Waals surface area (Å²) in [5, 5.41) is 2.59. The molecule has 0 saturated heterocycles. The van der Waals surface area contributed by atoms with Crippen LogP contribution in [0.2, 0.25) is 0 Å². The fraction of sp³-hybridized carbons (Fsp3) is 0.364. The van der Waals surface area contributed by atoms with Crippen molar-refractivity contribution in [1.29, 1.82) is 0 Å². The smallest absolute Gasteiger partial charge is 0.324 e. The molecular weight excluding hydrogens is 251 g/mol. The Hall–Kier alpha value is -1.17. The minimum atomic E-state index is -4.39. The fourth-order valence-corrected chi connectivity index (χ4v) is 2.42. The van der Waals surface area contributed by atoms with Crippen molar-refractivity contribution in [3.8, 4) is 0 Å². The van der Waals surface area contributed by atoms with Crippen molar-refractivity contribution >= 4 is 23.4 Å². The van der Waals surface area contributed by atoms with Crippen LogP contribution in [-0.4, -0.2) is 12.2 Å². The normalized spacial score (nSPS) is 23.5. The van der Waals surface area contributed by atoms with Crippen molar-refractivity contribution in [2.45, 2.75) is 17.8 Å². The highest BCUT2D eigenvalue weighted by Gasteiger charge is 2.43. The van der Waals surface area contributed by atoms with Gasteiger partial charge in [-0.05, 0) is 31.4 Å². The monoisotopic (exact) mass is 261 g/mol. The second-order valence-electron chi connectivity index (χ2n) is 3.95. The Morgan fingerprint density at radius 2 is 2.00 bits per heavy atom. The number of fused-ring (bicyclic) bond motifs is 1. The number of alkyl halides is 3. The Labute approximate surface area is 101 Å². The van der Waals surface area contributed by atoms with Gasteiger partial charge in [-0.3, -0.25) is 4.79 Å². The predicted octanol–water partition coefficient (Wildman–Crippen LogP) is 3.24. The molecule has 1 N–H and O–H groups in total. The van der Waals surface area contributed by atoms with Crippen LogP contribution in [0.25, 0.3) is 0 Å². The van der Waals surface area contributed by atoms with Crippen LogP contribution in [0.5, 0.6) is 0 Å². The number of amides is 1. The molecule has 17 heavy (non-hydrogen) atoms. The molecule has 1 atom stereocenters. The molecule has 0 radical (unpaired) electrons. The van der Waals surface area contributed by atoms with Gasteiger partial charge in [0.15, 0.2) is 0 Å². The number of thioether (sulfide) groups is 1. The summed E-state index contributed by atoms with van der Waals surface area (Å²) in [7, 11) is 0. The van der Waals surface area contributed by atoms with E-state index >= 15 is 0 Å². The van der Waals surface area contributed by atoms with Crippen LogP contribution in [0.4, 0.5) is 18.9 Å². The molecule has 0 unspecified atom stereocenters. The SMILES string of the molecule is CS[C@@]1(C)C(=O)Nc2ccc(C(F)(F)F)cc21. The molecule has 0 fully saturated rings. The number of benzene rings is 1. The number of hydrogen-bond donors (Lipinski definition) is 1. The molecule has 2 rings (SSSR count). The molecular formula is C11H10F3NOS. The molecule has 92 valence electrons. The Balaban J connectivity index is 2.57.